The van der Waals surface area contributed by atoms with Gasteiger partial charge in [0.2, 0.25) is 0 Å². The lowest BCUT2D eigenvalue weighted by Gasteiger charge is -2.23. The van der Waals surface area contributed by atoms with Crippen LogP contribution in [0.5, 0.6) is 11.5 Å². The van der Waals surface area contributed by atoms with E-state index in [2.05, 4.69) is 9.97 Å². The highest BCUT2D eigenvalue weighted by atomic mass is 16.5. The Morgan fingerprint density at radius 2 is 1.77 bits per heavy atom. The number of amides is 1. The number of nitrogens with one attached hydrogen (secondary N) is 1. The maximum atomic E-state index is 13.3. The highest BCUT2D eigenvalue weighted by Crippen LogP contribution is 2.25. The summed E-state index contributed by atoms with van der Waals surface area (Å²) in [5.41, 5.74) is 1.72. The summed E-state index contributed by atoms with van der Waals surface area (Å²) >= 11 is 0. The van der Waals surface area contributed by atoms with Gasteiger partial charge in [0.25, 0.3) is 11.5 Å². The van der Waals surface area contributed by atoms with E-state index in [1.165, 1.54) is 4.90 Å². The summed E-state index contributed by atoms with van der Waals surface area (Å²) < 4.78 is 10.5. The molecule has 2 heterocycles. The second kappa shape index (κ2) is 8.71. The molecule has 0 aliphatic carbocycles. The van der Waals surface area contributed by atoms with Crippen LogP contribution >= 0.6 is 0 Å². The van der Waals surface area contributed by atoms with Crippen LogP contribution < -0.4 is 19.9 Å². The van der Waals surface area contributed by atoms with Gasteiger partial charge >= 0.3 is 0 Å². The highest BCUT2D eigenvalue weighted by molar-refractivity contribution is 6.04. The molecule has 4 rings (SSSR count). The number of ether oxygens (including phenoxy) is 2. The van der Waals surface area contributed by atoms with Crippen LogP contribution in [0.3, 0.4) is 0 Å². The van der Waals surface area contributed by atoms with Gasteiger partial charge in [-0.25, -0.2) is 0 Å². The zero-order valence-electron chi connectivity index (χ0n) is 17.2. The summed E-state index contributed by atoms with van der Waals surface area (Å²) in [6.45, 7) is 0.0693. The fraction of sp³-hybridized carbons (Fsp3) is 0.125. The third kappa shape index (κ3) is 4.25. The molecule has 7 nitrogen and oxygen atoms in total. The third-order valence-corrected chi connectivity index (χ3v) is 4.95. The van der Waals surface area contributed by atoms with Gasteiger partial charge in [-0.15, -0.1) is 0 Å². The van der Waals surface area contributed by atoms with Gasteiger partial charge in [0.15, 0.2) is 0 Å². The Hall–Kier alpha value is -4.13. The average molecular weight is 415 g/mol. The van der Waals surface area contributed by atoms with Crippen molar-refractivity contribution < 1.29 is 14.3 Å². The number of benzene rings is 2. The normalized spacial score (nSPS) is 10.6. The minimum atomic E-state index is -0.317. The van der Waals surface area contributed by atoms with Crippen LogP contribution in [0.15, 0.2) is 77.7 Å². The molecule has 0 radical (unpaired) electrons. The van der Waals surface area contributed by atoms with Crippen molar-refractivity contribution in [3.05, 3.63) is 94.5 Å². The number of carbonyl (C=O) groups is 1. The van der Waals surface area contributed by atoms with Crippen molar-refractivity contribution >= 4 is 22.5 Å². The molecule has 156 valence electrons. The first-order valence-electron chi connectivity index (χ1n) is 9.66. The van der Waals surface area contributed by atoms with E-state index in [1.54, 1.807) is 75.0 Å². The maximum Gasteiger partial charge on any atom is 0.277 e. The molecule has 31 heavy (non-hydrogen) atoms. The number of carbonyl (C=O) groups excluding carboxylic acids is 1. The Kier molecular flexibility index (Phi) is 5.66. The molecule has 0 spiro atoms. The number of H-pyrrole nitrogens is 1. The van der Waals surface area contributed by atoms with Crippen molar-refractivity contribution in [2.45, 2.75) is 6.54 Å². The molecule has 0 fully saturated rings. The standard InChI is InChI=1S/C24H21N3O4/c1-30-19-7-5-6-18(13-19)27(24(29)21-8-3-4-11-25-21)15-17-12-16-9-10-20(31-2)14-22(16)26-23(17)28/h3-14H,15H2,1-2H3,(H,26,28). The molecule has 0 unspecified atom stereocenters. The largest absolute Gasteiger partial charge is 0.497 e. The SMILES string of the molecule is COc1cccc(N(Cc2cc3ccc(OC)cc3[nH]c2=O)C(=O)c2ccccn2)c1. The van der Waals surface area contributed by atoms with Crippen molar-refractivity contribution in [1.29, 1.82) is 0 Å². The van der Waals surface area contributed by atoms with E-state index in [-0.39, 0.29) is 23.7 Å². The van der Waals surface area contributed by atoms with E-state index < -0.39 is 0 Å². The Balaban J connectivity index is 1.78. The van der Waals surface area contributed by atoms with Crippen LogP contribution in [0.4, 0.5) is 5.69 Å². The molecular weight excluding hydrogens is 394 g/mol. The topological polar surface area (TPSA) is 84.5 Å². The fourth-order valence-electron chi connectivity index (χ4n) is 3.33. The van der Waals surface area contributed by atoms with Crippen molar-refractivity contribution in [2.24, 2.45) is 0 Å². The number of rotatable bonds is 6. The second-order valence-corrected chi connectivity index (χ2v) is 6.88. The number of nitrogens with zero attached hydrogens (tertiary/aromatic N) is 2. The Labute approximate surface area is 178 Å². The maximum absolute atomic E-state index is 13.3. The first-order valence-corrected chi connectivity index (χ1v) is 9.66. The molecule has 1 N–H and O–H groups in total. The molecule has 0 atom stereocenters. The first kappa shape index (κ1) is 20.2. The Morgan fingerprint density at radius 3 is 2.52 bits per heavy atom. The molecule has 0 aliphatic rings. The molecule has 4 aromatic rings. The lowest BCUT2D eigenvalue weighted by atomic mass is 10.1. The van der Waals surface area contributed by atoms with E-state index in [1.807, 2.05) is 12.1 Å². The molecule has 1 amide bonds. The van der Waals surface area contributed by atoms with E-state index in [0.717, 1.165) is 5.39 Å². The third-order valence-electron chi connectivity index (χ3n) is 4.95. The molecule has 0 saturated heterocycles. The van der Waals surface area contributed by atoms with E-state index in [4.69, 9.17) is 9.47 Å². The second-order valence-electron chi connectivity index (χ2n) is 6.88. The van der Waals surface area contributed by atoms with Crippen LogP contribution in [-0.4, -0.2) is 30.1 Å². The highest BCUT2D eigenvalue weighted by Gasteiger charge is 2.21. The summed E-state index contributed by atoms with van der Waals surface area (Å²) in [5, 5.41) is 0.839. The van der Waals surface area contributed by atoms with Crippen LogP contribution in [0, 0.1) is 0 Å². The number of hydrogen-bond donors (Lipinski definition) is 1. The molecule has 0 bridgehead atoms. The number of hydrogen-bond acceptors (Lipinski definition) is 5. The minimum absolute atomic E-state index is 0.0693. The van der Waals surface area contributed by atoms with Crippen molar-refractivity contribution in [3.63, 3.8) is 0 Å². The summed E-state index contributed by atoms with van der Waals surface area (Å²) in [4.78, 5) is 34.7. The fourth-order valence-corrected chi connectivity index (χ4v) is 3.33. The van der Waals surface area contributed by atoms with Gasteiger partial charge in [-0.3, -0.25) is 14.6 Å². The number of methoxy groups -OCH3 is 2. The lowest BCUT2D eigenvalue weighted by Crippen LogP contribution is -2.33. The Bertz CT molecular complexity index is 1290. The van der Waals surface area contributed by atoms with Crippen LogP contribution in [0.25, 0.3) is 10.9 Å². The average Bonchev–Trinajstić information content (AvgIpc) is 2.82. The van der Waals surface area contributed by atoms with Crippen molar-refractivity contribution in [1.82, 2.24) is 9.97 Å². The van der Waals surface area contributed by atoms with Gasteiger partial charge in [-0.1, -0.05) is 12.1 Å². The molecular formula is C24H21N3O4. The molecule has 0 saturated carbocycles. The summed E-state index contributed by atoms with van der Waals surface area (Å²) in [6, 6.07) is 19.5. The number of aromatic nitrogens is 2. The first-order chi connectivity index (χ1) is 15.1. The van der Waals surface area contributed by atoms with E-state index in [9.17, 15) is 9.59 Å². The van der Waals surface area contributed by atoms with Crippen LogP contribution in [0.2, 0.25) is 0 Å². The summed E-state index contributed by atoms with van der Waals surface area (Å²) in [7, 11) is 3.13. The predicted octanol–water partition coefficient (Wildman–Crippen LogP) is 3.79. The van der Waals surface area contributed by atoms with Crippen molar-refractivity contribution in [3.8, 4) is 11.5 Å². The predicted molar refractivity (Wildman–Crippen MR) is 119 cm³/mol. The zero-order chi connectivity index (χ0) is 21.8. The summed E-state index contributed by atoms with van der Waals surface area (Å²) in [6.07, 6.45) is 1.56. The quantitative estimate of drug-likeness (QED) is 0.518. The van der Waals surface area contributed by atoms with Crippen molar-refractivity contribution in [2.75, 3.05) is 19.1 Å². The van der Waals surface area contributed by atoms with Crippen LogP contribution in [-0.2, 0) is 6.54 Å². The minimum Gasteiger partial charge on any atom is -0.497 e. The van der Waals surface area contributed by atoms with Gasteiger partial charge in [-0.05, 0) is 47.9 Å². The number of fused-ring (bicyclic) bond motifs is 1. The van der Waals surface area contributed by atoms with E-state index >= 15 is 0 Å². The number of anilines is 1. The van der Waals surface area contributed by atoms with Gasteiger partial charge in [0.05, 0.1) is 26.3 Å². The zero-order valence-corrected chi connectivity index (χ0v) is 17.2. The molecule has 7 heteroatoms. The monoisotopic (exact) mass is 415 g/mol. The van der Waals surface area contributed by atoms with Crippen LogP contribution in [0.1, 0.15) is 16.1 Å². The summed E-state index contributed by atoms with van der Waals surface area (Å²) in [5.74, 6) is 0.943. The van der Waals surface area contributed by atoms with Gasteiger partial charge in [0, 0.05) is 29.6 Å². The van der Waals surface area contributed by atoms with Gasteiger partial charge in [0.1, 0.15) is 17.2 Å². The smallest absolute Gasteiger partial charge is 0.277 e. The van der Waals surface area contributed by atoms with Gasteiger partial charge < -0.3 is 19.4 Å². The molecule has 2 aromatic heterocycles. The van der Waals surface area contributed by atoms with E-state index in [0.29, 0.717) is 28.3 Å². The number of pyridine rings is 2. The Morgan fingerprint density at radius 1 is 0.968 bits per heavy atom. The number of aromatic amines is 1. The molecule has 2 aromatic carbocycles. The van der Waals surface area contributed by atoms with Gasteiger partial charge in [-0.2, -0.15) is 0 Å². The molecule has 0 aliphatic heterocycles. The lowest BCUT2D eigenvalue weighted by molar-refractivity contribution is 0.0980.